The minimum absolute atomic E-state index is 0.0735. The molecule has 17 heavy (non-hydrogen) atoms. The molecule has 0 aliphatic carbocycles. The van der Waals surface area contributed by atoms with Crippen molar-refractivity contribution in [2.24, 2.45) is 5.73 Å². The van der Waals surface area contributed by atoms with Gasteiger partial charge in [-0.25, -0.2) is 0 Å². The monoisotopic (exact) mass is 245 g/mol. The smallest absolute Gasteiger partial charge is 0.0692 e. The Labute approximate surface area is 105 Å². The van der Waals surface area contributed by atoms with E-state index < -0.39 is 0 Å². The fraction of sp³-hybridized carbons (Fsp3) is 0.143. The van der Waals surface area contributed by atoms with Crippen LogP contribution in [-0.4, -0.2) is 5.11 Å². The molecule has 0 fully saturated rings. The molecule has 0 aliphatic heterocycles. The highest BCUT2D eigenvalue weighted by Crippen LogP contribution is 2.30. The van der Waals surface area contributed by atoms with Crippen LogP contribution in [0.2, 0.25) is 0 Å². The van der Waals surface area contributed by atoms with Gasteiger partial charge in [-0.15, -0.1) is 0 Å². The number of benzene rings is 2. The van der Waals surface area contributed by atoms with E-state index in [1.165, 1.54) is 0 Å². The standard InChI is InChI=1S/C14H15NOS/c15-9-11-5-7-13(8-6-11)17-14-4-2-1-3-12(14)10-16/h1-8,16H,9-10,15H2. The number of hydrogen-bond donors (Lipinski definition) is 2. The van der Waals surface area contributed by atoms with Crippen molar-refractivity contribution in [2.75, 3.05) is 0 Å². The molecule has 0 aromatic heterocycles. The van der Waals surface area contributed by atoms with Gasteiger partial charge in [-0.05, 0) is 29.3 Å². The molecule has 0 radical (unpaired) electrons. The first-order chi connectivity index (χ1) is 8.33. The van der Waals surface area contributed by atoms with E-state index in [9.17, 15) is 5.11 Å². The minimum Gasteiger partial charge on any atom is -0.392 e. The van der Waals surface area contributed by atoms with Crippen molar-refractivity contribution in [3.63, 3.8) is 0 Å². The molecule has 2 rings (SSSR count). The zero-order chi connectivity index (χ0) is 12.1. The molecule has 3 heteroatoms. The molecule has 88 valence electrons. The fourth-order valence-electron chi connectivity index (χ4n) is 1.55. The van der Waals surface area contributed by atoms with E-state index in [4.69, 9.17) is 5.73 Å². The molecule has 0 saturated heterocycles. The zero-order valence-electron chi connectivity index (χ0n) is 9.47. The van der Waals surface area contributed by atoms with Crippen LogP contribution in [0.3, 0.4) is 0 Å². The quantitative estimate of drug-likeness (QED) is 0.870. The third kappa shape index (κ3) is 3.09. The molecule has 0 spiro atoms. The molecule has 0 heterocycles. The first-order valence-electron chi connectivity index (χ1n) is 5.49. The summed E-state index contributed by atoms with van der Waals surface area (Å²) in [6.45, 7) is 0.641. The highest BCUT2D eigenvalue weighted by atomic mass is 32.2. The number of aliphatic hydroxyl groups is 1. The first kappa shape index (κ1) is 12.2. The van der Waals surface area contributed by atoms with Crippen LogP contribution in [-0.2, 0) is 13.2 Å². The van der Waals surface area contributed by atoms with Crippen molar-refractivity contribution < 1.29 is 5.11 Å². The molecular formula is C14H15NOS. The average Bonchev–Trinajstić information content (AvgIpc) is 2.40. The molecule has 0 saturated carbocycles. The lowest BCUT2D eigenvalue weighted by atomic mass is 10.2. The summed E-state index contributed by atoms with van der Waals surface area (Å²) < 4.78 is 0. The van der Waals surface area contributed by atoms with Gasteiger partial charge in [0.05, 0.1) is 6.61 Å². The van der Waals surface area contributed by atoms with Crippen LogP contribution in [0.5, 0.6) is 0 Å². The van der Waals surface area contributed by atoms with Gasteiger partial charge in [0.1, 0.15) is 0 Å². The van der Waals surface area contributed by atoms with Gasteiger partial charge in [0.25, 0.3) is 0 Å². The second-order valence-corrected chi connectivity index (χ2v) is 4.83. The predicted molar refractivity (Wildman–Crippen MR) is 70.8 cm³/mol. The van der Waals surface area contributed by atoms with Gasteiger partial charge in [-0.2, -0.15) is 0 Å². The maximum absolute atomic E-state index is 9.25. The Hall–Kier alpha value is -1.29. The molecule has 2 nitrogen and oxygen atoms in total. The molecule has 3 N–H and O–H groups in total. The van der Waals surface area contributed by atoms with Crippen molar-refractivity contribution >= 4 is 11.8 Å². The molecule has 0 bridgehead atoms. The maximum atomic E-state index is 9.25. The van der Waals surface area contributed by atoms with Crippen molar-refractivity contribution in [3.8, 4) is 0 Å². The van der Waals surface area contributed by atoms with Crippen LogP contribution in [0, 0.1) is 0 Å². The van der Waals surface area contributed by atoms with Crippen LogP contribution in [0.4, 0.5) is 0 Å². The highest BCUT2D eigenvalue weighted by molar-refractivity contribution is 7.99. The van der Waals surface area contributed by atoms with Gasteiger partial charge < -0.3 is 10.8 Å². The lowest BCUT2D eigenvalue weighted by Gasteiger charge is -2.07. The van der Waals surface area contributed by atoms with Gasteiger partial charge in [0.15, 0.2) is 0 Å². The summed E-state index contributed by atoms with van der Waals surface area (Å²) in [5.74, 6) is 0. The highest BCUT2D eigenvalue weighted by Gasteiger charge is 2.02. The largest absolute Gasteiger partial charge is 0.392 e. The fourth-order valence-corrected chi connectivity index (χ4v) is 2.49. The maximum Gasteiger partial charge on any atom is 0.0692 e. The second kappa shape index (κ2) is 5.87. The predicted octanol–water partition coefficient (Wildman–Crippen LogP) is 2.79. The van der Waals surface area contributed by atoms with Gasteiger partial charge >= 0.3 is 0 Å². The summed E-state index contributed by atoms with van der Waals surface area (Å²) >= 11 is 1.66. The normalized spacial score (nSPS) is 10.5. The molecule has 0 unspecified atom stereocenters. The number of rotatable bonds is 4. The Kier molecular flexibility index (Phi) is 4.20. The zero-order valence-corrected chi connectivity index (χ0v) is 10.3. The Bertz CT molecular complexity index is 482. The van der Waals surface area contributed by atoms with E-state index in [-0.39, 0.29) is 6.61 Å². The summed E-state index contributed by atoms with van der Waals surface area (Å²) in [4.78, 5) is 2.25. The summed E-state index contributed by atoms with van der Waals surface area (Å²) in [5.41, 5.74) is 7.65. The lowest BCUT2D eigenvalue weighted by molar-refractivity contribution is 0.279. The average molecular weight is 245 g/mol. The molecule has 2 aromatic carbocycles. The van der Waals surface area contributed by atoms with Crippen molar-refractivity contribution in [2.45, 2.75) is 22.9 Å². The topological polar surface area (TPSA) is 46.2 Å². The van der Waals surface area contributed by atoms with Crippen LogP contribution in [0.15, 0.2) is 58.3 Å². The van der Waals surface area contributed by atoms with E-state index >= 15 is 0 Å². The summed E-state index contributed by atoms with van der Waals surface area (Å²) in [5, 5.41) is 9.25. The molecule has 0 atom stereocenters. The summed E-state index contributed by atoms with van der Waals surface area (Å²) in [7, 11) is 0. The number of hydrogen-bond acceptors (Lipinski definition) is 3. The molecule has 2 aromatic rings. The van der Waals surface area contributed by atoms with Crippen molar-refractivity contribution in [1.82, 2.24) is 0 Å². The van der Waals surface area contributed by atoms with E-state index in [1.807, 2.05) is 36.4 Å². The summed E-state index contributed by atoms with van der Waals surface area (Å²) in [6.07, 6.45) is 0. The Balaban J connectivity index is 2.19. The van der Waals surface area contributed by atoms with Crippen LogP contribution < -0.4 is 5.73 Å². The summed E-state index contributed by atoms with van der Waals surface area (Å²) in [6, 6.07) is 16.1. The molecular weight excluding hydrogens is 230 g/mol. The van der Waals surface area contributed by atoms with Gasteiger partial charge in [0.2, 0.25) is 0 Å². The minimum atomic E-state index is 0.0735. The van der Waals surface area contributed by atoms with E-state index in [1.54, 1.807) is 11.8 Å². The first-order valence-corrected chi connectivity index (χ1v) is 6.31. The number of nitrogens with two attached hydrogens (primary N) is 1. The van der Waals surface area contributed by atoms with Crippen molar-refractivity contribution in [1.29, 1.82) is 0 Å². The van der Waals surface area contributed by atoms with Crippen LogP contribution in [0.1, 0.15) is 11.1 Å². The van der Waals surface area contributed by atoms with Gasteiger partial charge in [-0.3, -0.25) is 0 Å². The van der Waals surface area contributed by atoms with E-state index in [0.717, 1.165) is 20.9 Å². The van der Waals surface area contributed by atoms with E-state index in [0.29, 0.717) is 6.54 Å². The Morgan fingerprint density at radius 3 is 2.35 bits per heavy atom. The van der Waals surface area contributed by atoms with Gasteiger partial charge in [-0.1, -0.05) is 42.1 Å². The Morgan fingerprint density at radius 2 is 1.71 bits per heavy atom. The van der Waals surface area contributed by atoms with E-state index in [2.05, 4.69) is 12.1 Å². The number of aliphatic hydroxyl groups excluding tert-OH is 1. The van der Waals surface area contributed by atoms with Crippen LogP contribution >= 0.6 is 11.8 Å². The lowest BCUT2D eigenvalue weighted by Crippen LogP contribution is -1.95. The van der Waals surface area contributed by atoms with Crippen molar-refractivity contribution in [3.05, 3.63) is 59.7 Å². The van der Waals surface area contributed by atoms with Gasteiger partial charge in [0, 0.05) is 16.3 Å². The third-order valence-electron chi connectivity index (χ3n) is 2.53. The Morgan fingerprint density at radius 1 is 1.00 bits per heavy atom. The third-order valence-corrected chi connectivity index (χ3v) is 3.66. The molecule has 0 amide bonds. The SMILES string of the molecule is NCc1ccc(Sc2ccccc2CO)cc1. The molecule has 0 aliphatic rings. The van der Waals surface area contributed by atoms with Crippen LogP contribution in [0.25, 0.3) is 0 Å². The second-order valence-electron chi connectivity index (χ2n) is 3.72.